The number of allylic oxidation sites excluding steroid dienone is 4. The SMILES string of the molecule is CCOC(=O)C1Nc2c(C(=O)Nc3ccc(C4=CC5c6cccc(C(=O)Nc7ccccc7)c6NC(C(=O)O)C5C4)cc3)cccc2C2C=CCC12. The van der Waals surface area contributed by atoms with Crippen molar-refractivity contribution < 1.29 is 29.0 Å². The highest BCUT2D eigenvalue weighted by atomic mass is 16.5. The van der Waals surface area contributed by atoms with Gasteiger partial charge in [0.2, 0.25) is 0 Å². The molecule has 10 heteroatoms. The third-order valence-corrected chi connectivity index (χ3v) is 10.7. The average Bonchev–Trinajstić information content (AvgIpc) is 3.83. The maximum absolute atomic E-state index is 13.7. The third kappa shape index (κ3) is 5.89. The van der Waals surface area contributed by atoms with E-state index >= 15 is 0 Å². The number of amides is 2. The van der Waals surface area contributed by atoms with Crippen molar-refractivity contribution in [2.45, 2.75) is 43.7 Å². The molecule has 262 valence electrons. The Labute approximate surface area is 301 Å². The van der Waals surface area contributed by atoms with Crippen molar-refractivity contribution in [3.8, 4) is 0 Å². The molecule has 0 aromatic heterocycles. The summed E-state index contributed by atoms with van der Waals surface area (Å²) in [5.41, 5.74) is 7.04. The zero-order chi connectivity index (χ0) is 35.9. The van der Waals surface area contributed by atoms with Gasteiger partial charge in [-0.15, -0.1) is 0 Å². The van der Waals surface area contributed by atoms with E-state index in [-0.39, 0.29) is 48.1 Å². The van der Waals surface area contributed by atoms with Gasteiger partial charge in [0.15, 0.2) is 0 Å². The molecule has 4 aromatic carbocycles. The van der Waals surface area contributed by atoms with Crippen LogP contribution in [0.1, 0.15) is 69.0 Å². The van der Waals surface area contributed by atoms with Crippen molar-refractivity contribution in [1.82, 2.24) is 0 Å². The number of anilines is 4. The van der Waals surface area contributed by atoms with Crippen LogP contribution in [0, 0.1) is 11.8 Å². The van der Waals surface area contributed by atoms with Gasteiger partial charge in [-0.1, -0.05) is 72.8 Å². The van der Waals surface area contributed by atoms with E-state index in [1.165, 1.54) is 0 Å². The topological polar surface area (TPSA) is 146 Å². The summed E-state index contributed by atoms with van der Waals surface area (Å²) in [6.45, 7) is 2.07. The van der Waals surface area contributed by atoms with Crippen LogP contribution in [-0.2, 0) is 14.3 Å². The molecule has 52 heavy (non-hydrogen) atoms. The Hall–Kier alpha value is -6.16. The number of ether oxygens (including phenoxy) is 1. The number of hydrogen-bond donors (Lipinski definition) is 5. The van der Waals surface area contributed by atoms with Gasteiger partial charge in [0.1, 0.15) is 12.1 Å². The minimum Gasteiger partial charge on any atom is -0.480 e. The Kier molecular flexibility index (Phi) is 8.58. The summed E-state index contributed by atoms with van der Waals surface area (Å²) >= 11 is 0. The first-order chi connectivity index (χ1) is 25.3. The van der Waals surface area contributed by atoms with Crippen LogP contribution in [0.5, 0.6) is 0 Å². The number of carboxylic acid groups (broad SMARTS) is 1. The van der Waals surface area contributed by atoms with E-state index in [9.17, 15) is 24.3 Å². The first kappa shape index (κ1) is 33.0. The van der Waals surface area contributed by atoms with Crippen molar-refractivity contribution in [3.63, 3.8) is 0 Å². The summed E-state index contributed by atoms with van der Waals surface area (Å²) in [5, 5.41) is 22.7. The van der Waals surface area contributed by atoms with Gasteiger partial charge in [0, 0.05) is 35.0 Å². The summed E-state index contributed by atoms with van der Waals surface area (Å²) in [5.74, 6) is -2.33. The molecule has 2 aliphatic heterocycles. The van der Waals surface area contributed by atoms with Crippen LogP contribution in [0.15, 0.2) is 109 Å². The quantitative estimate of drug-likeness (QED) is 0.0957. The molecule has 8 rings (SSSR count). The first-order valence-electron chi connectivity index (χ1n) is 17.6. The van der Waals surface area contributed by atoms with Crippen LogP contribution in [0.4, 0.5) is 22.7 Å². The normalized spacial score (nSPS) is 23.4. The van der Waals surface area contributed by atoms with Gasteiger partial charge in [-0.05, 0) is 78.4 Å². The number of carbonyl (C=O) groups excluding carboxylic acids is 3. The lowest BCUT2D eigenvalue weighted by atomic mass is 9.78. The number of carbonyl (C=O) groups is 4. The van der Waals surface area contributed by atoms with E-state index in [0.717, 1.165) is 28.7 Å². The number of esters is 1. The Balaban J connectivity index is 1.02. The Morgan fingerprint density at radius 1 is 0.731 bits per heavy atom. The van der Waals surface area contributed by atoms with Crippen molar-refractivity contribution in [3.05, 3.63) is 137 Å². The predicted molar refractivity (Wildman–Crippen MR) is 200 cm³/mol. The lowest BCUT2D eigenvalue weighted by molar-refractivity contribution is -0.145. The smallest absolute Gasteiger partial charge is 0.328 e. The molecular formula is C42H38N4O6. The van der Waals surface area contributed by atoms with Crippen molar-refractivity contribution in [2.24, 2.45) is 11.8 Å². The highest BCUT2D eigenvalue weighted by Gasteiger charge is 2.45. The van der Waals surface area contributed by atoms with Crippen LogP contribution in [0.3, 0.4) is 0 Å². The molecule has 2 heterocycles. The maximum atomic E-state index is 13.7. The van der Waals surface area contributed by atoms with E-state index in [0.29, 0.717) is 40.3 Å². The molecule has 4 aromatic rings. The average molecular weight is 695 g/mol. The zero-order valence-corrected chi connectivity index (χ0v) is 28.5. The lowest BCUT2D eigenvalue weighted by Crippen LogP contribution is -2.43. The third-order valence-electron chi connectivity index (χ3n) is 10.7. The molecular weight excluding hydrogens is 656 g/mol. The molecule has 0 saturated heterocycles. The summed E-state index contributed by atoms with van der Waals surface area (Å²) in [6.07, 6.45) is 7.59. The van der Waals surface area contributed by atoms with Gasteiger partial charge < -0.3 is 31.1 Å². The Morgan fingerprint density at radius 2 is 1.35 bits per heavy atom. The van der Waals surface area contributed by atoms with Gasteiger partial charge in [-0.2, -0.15) is 0 Å². The number of fused-ring (bicyclic) bond motifs is 6. The number of nitrogens with one attached hydrogen (secondary N) is 4. The molecule has 0 saturated carbocycles. The second kappa shape index (κ2) is 13.5. The fraction of sp³-hybridized carbons (Fsp3) is 0.238. The van der Waals surface area contributed by atoms with E-state index < -0.39 is 18.1 Å². The van der Waals surface area contributed by atoms with Gasteiger partial charge in [0.05, 0.1) is 29.1 Å². The number of rotatable bonds is 8. The fourth-order valence-corrected chi connectivity index (χ4v) is 8.32. The monoisotopic (exact) mass is 694 g/mol. The highest BCUT2D eigenvalue weighted by molar-refractivity contribution is 6.10. The first-order valence-corrected chi connectivity index (χ1v) is 17.6. The molecule has 10 nitrogen and oxygen atoms in total. The number of benzene rings is 4. The van der Waals surface area contributed by atoms with Crippen LogP contribution in [0.2, 0.25) is 0 Å². The van der Waals surface area contributed by atoms with Crippen molar-refractivity contribution >= 4 is 52.1 Å². The second-order valence-electron chi connectivity index (χ2n) is 13.7. The Bertz CT molecular complexity index is 2140. The molecule has 2 amide bonds. The van der Waals surface area contributed by atoms with Crippen LogP contribution >= 0.6 is 0 Å². The van der Waals surface area contributed by atoms with Crippen molar-refractivity contribution in [2.75, 3.05) is 27.9 Å². The van der Waals surface area contributed by atoms with Crippen LogP contribution < -0.4 is 21.3 Å². The summed E-state index contributed by atoms with van der Waals surface area (Å²) in [6, 6.07) is 26.3. The molecule has 6 atom stereocenters. The summed E-state index contributed by atoms with van der Waals surface area (Å²) in [7, 11) is 0. The maximum Gasteiger partial charge on any atom is 0.328 e. The van der Waals surface area contributed by atoms with E-state index in [2.05, 4.69) is 39.5 Å². The van der Waals surface area contributed by atoms with E-state index in [4.69, 9.17) is 4.74 Å². The lowest BCUT2D eigenvalue weighted by Gasteiger charge is -2.36. The van der Waals surface area contributed by atoms with Gasteiger partial charge in [0.25, 0.3) is 11.8 Å². The standard InChI is InChI=1S/C42H38N4O6/c1-2-52-42(51)38-29-13-6-11-27(29)28-12-7-15-31(35(28)46-38)40(48)44-26-19-17-23(18-20-26)24-21-33-30-14-8-16-32(39(47)43-25-9-4-3-5-10-25)36(30)45-37(41(49)50)34(33)22-24/h3-12,14-21,27,29,33-34,37-38,45-46H,2,13,22H2,1H3,(H,43,47)(H,44,48)(H,49,50). The molecule has 0 spiro atoms. The van der Waals surface area contributed by atoms with Gasteiger partial charge >= 0.3 is 11.9 Å². The van der Waals surface area contributed by atoms with Crippen LogP contribution in [-0.4, -0.2) is 47.6 Å². The van der Waals surface area contributed by atoms with E-state index in [1.807, 2.05) is 66.7 Å². The van der Waals surface area contributed by atoms with Gasteiger partial charge in [-0.25, -0.2) is 9.59 Å². The predicted octanol–water partition coefficient (Wildman–Crippen LogP) is 7.27. The molecule has 5 N–H and O–H groups in total. The number of para-hydroxylation sites is 3. The minimum atomic E-state index is -0.975. The van der Waals surface area contributed by atoms with Crippen LogP contribution in [0.25, 0.3) is 5.57 Å². The molecule has 4 aliphatic rings. The summed E-state index contributed by atoms with van der Waals surface area (Å²) in [4.78, 5) is 52.5. The Morgan fingerprint density at radius 3 is 1.98 bits per heavy atom. The van der Waals surface area contributed by atoms with Gasteiger partial charge in [-0.3, -0.25) is 9.59 Å². The number of hydrogen-bond acceptors (Lipinski definition) is 7. The largest absolute Gasteiger partial charge is 0.480 e. The second-order valence-corrected chi connectivity index (χ2v) is 13.7. The van der Waals surface area contributed by atoms with Crippen molar-refractivity contribution in [1.29, 1.82) is 0 Å². The molecule has 6 unspecified atom stereocenters. The molecule has 0 radical (unpaired) electrons. The fourth-order valence-electron chi connectivity index (χ4n) is 8.32. The highest BCUT2D eigenvalue weighted by Crippen LogP contribution is 2.50. The van der Waals surface area contributed by atoms with E-state index in [1.54, 1.807) is 31.2 Å². The number of aliphatic carboxylic acids is 1. The summed E-state index contributed by atoms with van der Waals surface area (Å²) < 4.78 is 5.37. The molecule has 0 fully saturated rings. The molecule has 2 aliphatic carbocycles. The number of carboxylic acids is 1. The zero-order valence-electron chi connectivity index (χ0n) is 28.5. The molecule has 0 bridgehead atoms. The minimum absolute atomic E-state index is 0.0157.